The van der Waals surface area contributed by atoms with Gasteiger partial charge in [-0.25, -0.2) is 4.98 Å². The minimum Gasteiger partial charge on any atom is -0.496 e. The SMILES string of the molecule is COc1ccccc1Cn1c(SCC(=O)Nc2ccccc2OC)nc2c(-c3ccccc3)c[nH]c2c1=O. The molecule has 38 heavy (non-hydrogen) atoms. The number of hydrogen-bond acceptors (Lipinski definition) is 6. The highest BCUT2D eigenvalue weighted by Crippen LogP contribution is 2.29. The van der Waals surface area contributed by atoms with Gasteiger partial charge in [0.05, 0.1) is 32.2 Å². The van der Waals surface area contributed by atoms with Gasteiger partial charge in [0.15, 0.2) is 5.16 Å². The first-order chi connectivity index (χ1) is 18.6. The molecule has 0 radical (unpaired) electrons. The van der Waals surface area contributed by atoms with Crippen LogP contribution in [0.15, 0.2) is 95.0 Å². The molecule has 0 spiro atoms. The van der Waals surface area contributed by atoms with Crippen LogP contribution in [0.4, 0.5) is 5.69 Å². The van der Waals surface area contributed by atoms with Crippen molar-refractivity contribution in [3.8, 4) is 22.6 Å². The molecule has 2 N–H and O–H groups in total. The van der Waals surface area contributed by atoms with Crippen LogP contribution >= 0.6 is 11.8 Å². The van der Waals surface area contributed by atoms with Crippen LogP contribution in [0, 0.1) is 0 Å². The van der Waals surface area contributed by atoms with E-state index in [-0.39, 0.29) is 23.8 Å². The second kappa shape index (κ2) is 11.3. The van der Waals surface area contributed by atoms with Gasteiger partial charge >= 0.3 is 0 Å². The second-order valence-electron chi connectivity index (χ2n) is 8.43. The van der Waals surface area contributed by atoms with Crippen LogP contribution in [0.25, 0.3) is 22.2 Å². The molecule has 0 fully saturated rings. The van der Waals surface area contributed by atoms with Crippen molar-refractivity contribution in [1.82, 2.24) is 14.5 Å². The number of hydrogen-bond donors (Lipinski definition) is 2. The molecule has 0 atom stereocenters. The van der Waals surface area contributed by atoms with E-state index in [0.29, 0.717) is 33.4 Å². The van der Waals surface area contributed by atoms with Crippen molar-refractivity contribution >= 4 is 34.4 Å². The molecule has 1 amide bonds. The fraction of sp³-hybridized carbons (Fsp3) is 0.138. The molecule has 0 aliphatic rings. The summed E-state index contributed by atoms with van der Waals surface area (Å²) in [6.45, 7) is 0.238. The van der Waals surface area contributed by atoms with Gasteiger partial charge in [0.1, 0.15) is 22.5 Å². The molecule has 8 nitrogen and oxygen atoms in total. The van der Waals surface area contributed by atoms with E-state index >= 15 is 0 Å². The van der Waals surface area contributed by atoms with Gasteiger partial charge in [-0.2, -0.15) is 0 Å². The summed E-state index contributed by atoms with van der Waals surface area (Å²) in [5, 5.41) is 3.31. The molecular formula is C29H26N4O4S. The minimum atomic E-state index is -0.241. The van der Waals surface area contributed by atoms with Crippen LogP contribution in [-0.2, 0) is 11.3 Å². The van der Waals surface area contributed by atoms with Gasteiger partial charge in [-0.1, -0.05) is 72.4 Å². The highest BCUT2D eigenvalue weighted by Gasteiger charge is 2.19. The van der Waals surface area contributed by atoms with Gasteiger partial charge in [0.2, 0.25) is 5.91 Å². The van der Waals surface area contributed by atoms with Gasteiger partial charge in [-0.3, -0.25) is 14.2 Å². The average molecular weight is 527 g/mol. The maximum Gasteiger partial charge on any atom is 0.278 e. The lowest BCUT2D eigenvalue weighted by Gasteiger charge is -2.15. The summed E-state index contributed by atoms with van der Waals surface area (Å²) >= 11 is 1.20. The lowest BCUT2D eigenvalue weighted by atomic mass is 10.1. The molecule has 5 rings (SSSR count). The fourth-order valence-corrected chi connectivity index (χ4v) is 5.02. The Morgan fingerprint density at radius 3 is 2.39 bits per heavy atom. The number of rotatable bonds is 9. The Bertz CT molecular complexity index is 1650. The second-order valence-corrected chi connectivity index (χ2v) is 9.37. The zero-order valence-corrected chi connectivity index (χ0v) is 21.7. The zero-order valence-electron chi connectivity index (χ0n) is 20.9. The molecule has 5 aromatic rings. The molecule has 0 unspecified atom stereocenters. The van der Waals surface area contributed by atoms with Crippen molar-refractivity contribution in [2.45, 2.75) is 11.7 Å². The fourth-order valence-electron chi connectivity index (χ4n) is 4.23. The molecule has 0 bridgehead atoms. The quantitative estimate of drug-likeness (QED) is 0.203. The lowest BCUT2D eigenvalue weighted by molar-refractivity contribution is -0.113. The normalized spacial score (nSPS) is 10.9. The first-order valence-electron chi connectivity index (χ1n) is 11.9. The summed E-state index contributed by atoms with van der Waals surface area (Å²) in [7, 11) is 3.15. The molecular weight excluding hydrogens is 500 g/mol. The van der Waals surface area contributed by atoms with E-state index in [1.807, 2.05) is 66.7 Å². The Kier molecular flexibility index (Phi) is 7.46. The summed E-state index contributed by atoms with van der Waals surface area (Å²) in [4.78, 5) is 34.6. The van der Waals surface area contributed by atoms with Crippen molar-refractivity contribution < 1.29 is 14.3 Å². The molecule has 3 aromatic carbocycles. The van der Waals surface area contributed by atoms with Crippen LogP contribution in [0.5, 0.6) is 11.5 Å². The van der Waals surface area contributed by atoms with Crippen molar-refractivity contribution in [3.05, 3.63) is 101 Å². The Morgan fingerprint density at radius 1 is 0.947 bits per heavy atom. The maximum absolute atomic E-state index is 13.7. The summed E-state index contributed by atoms with van der Waals surface area (Å²) in [6.07, 6.45) is 1.80. The smallest absolute Gasteiger partial charge is 0.278 e. The van der Waals surface area contributed by atoms with Gasteiger partial charge in [0, 0.05) is 17.3 Å². The summed E-state index contributed by atoms with van der Waals surface area (Å²) in [6, 6.07) is 24.5. The molecule has 2 aromatic heterocycles. The number of benzene rings is 3. The largest absolute Gasteiger partial charge is 0.496 e. The van der Waals surface area contributed by atoms with Crippen LogP contribution in [0.1, 0.15) is 5.56 Å². The third-order valence-corrected chi connectivity index (χ3v) is 7.05. The van der Waals surface area contributed by atoms with Crippen molar-refractivity contribution in [1.29, 1.82) is 0 Å². The van der Waals surface area contributed by atoms with Crippen molar-refractivity contribution in [3.63, 3.8) is 0 Å². The maximum atomic E-state index is 13.7. The molecule has 192 valence electrons. The van der Waals surface area contributed by atoms with E-state index in [4.69, 9.17) is 14.5 Å². The van der Waals surface area contributed by atoms with Gasteiger partial charge in [0.25, 0.3) is 5.56 Å². The van der Waals surface area contributed by atoms with Crippen molar-refractivity contribution in [2.75, 3.05) is 25.3 Å². The van der Waals surface area contributed by atoms with Crippen LogP contribution in [0.2, 0.25) is 0 Å². The number of nitrogens with zero attached hydrogens (tertiary/aromatic N) is 2. The molecule has 2 heterocycles. The Hall–Kier alpha value is -4.50. The Labute approximate surface area is 223 Å². The highest BCUT2D eigenvalue weighted by atomic mass is 32.2. The average Bonchev–Trinajstić information content (AvgIpc) is 3.39. The number of aromatic amines is 1. The zero-order chi connectivity index (χ0) is 26.5. The van der Waals surface area contributed by atoms with E-state index in [2.05, 4.69) is 10.3 Å². The van der Waals surface area contributed by atoms with E-state index in [0.717, 1.165) is 16.7 Å². The molecule has 0 saturated heterocycles. The molecule has 0 aliphatic carbocycles. The van der Waals surface area contributed by atoms with Crippen LogP contribution in [-0.4, -0.2) is 40.4 Å². The van der Waals surface area contributed by atoms with E-state index in [1.165, 1.54) is 11.8 Å². The first kappa shape index (κ1) is 25.2. The highest BCUT2D eigenvalue weighted by molar-refractivity contribution is 7.99. The first-order valence-corrected chi connectivity index (χ1v) is 12.9. The van der Waals surface area contributed by atoms with E-state index in [9.17, 15) is 9.59 Å². The number of ether oxygens (including phenoxy) is 2. The number of fused-ring (bicyclic) bond motifs is 1. The number of H-pyrrole nitrogens is 1. The summed E-state index contributed by atoms with van der Waals surface area (Å²) in [5.74, 6) is 1.04. The van der Waals surface area contributed by atoms with Gasteiger partial charge in [-0.15, -0.1) is 0 Å². The molecule has 0 saturated carbocycles. The number of para-hydroxylation sites is 3. The number of aromatic nitrogens is 3. The lowest BCUT2D eigenvalue weighted by Crippen LogP contribution is -2.25. The van der Waals surface area contributed by atoms with Gasteiger partial charge < -0.3 is 19.8 Å². The third kappa shape index (κ3) is 5.14. The van der Waals surface area contributed by atoms with E-state index < -0.39 is 0 Å². The van der Waals surface area contributed by atoms with Gasteiger partial charge in [-0.05, 0) is 23.8 Å². The predicted octanol–water partition coefficient (Wildman–Crippen LogP) is 5.19. The molecule has 0 aliphatic heterocycles. The van der Waals surface area contributed by atoms with Crippen molar-refractivity contribution in [2.24, 2.45) is 0 Å². The Balaban J connectivity index is 1.53. The Morgan fingerprint density at radius 2 is 1.63 bits per heavy atom. The number of anilines is 1. The third-order valence-electron chi connectivity index (χ3n) is 6.07. The number of methoxy groups -OCH3 is 2. The standard InChI is InChI=1S/C29H26N4O4S/c1-36-23-14-8-6-12-20(23)17-33-28(35)27-26(21(16-30-27)19-10-4-3-5-11-19)32-29(33)38-18-25(34)31-22-13-7-9-15-24(22)37-2/h3-16,30H,17-18H2,1-2H3,(H,31,34). The number of nitrogens with one attached hydrogen (secondary N) is 2. The van der Waals surface area contributed by atoms with E-state index in [1.54, 1.807) is 37.1 Å². The minimum absolute atomic E-state index is 0.0486. The topological polar surface area (TPSA) is 98.2 Å². The molecule has 9 heteroatoms. The summed E-state index contributed by atoms with van der Waals surface area (Å²) in [5.41, 5.74) is 3.91. The monoisotopic (exact) mass is 526 g/mol. The summed E-state index contributed by atoms with van der Waals surface area (Å²) < 4.78 is 12.4. The number of carbonyl (C=O) groups excluding carboxylic acids is 1. The van der Waals surface area contributed by atoms with Crippen LogP contribution < -0.4 is 20.3 Å². The number of amides is 1. The number of thioether (sulfide) groups is 1. The van der Waals surface area contributed by atoms with Crippen LogP contribution in [0.3, 0.4) is 0 Å². The number of carbonyl (C=O) groups is 1. The predicted molar refractivity (Wildman–Crippen MR) is 150 cm³/mol.